The number of rotatable bonds is 10. The SMILES string of the molecule is Cc1ccc2c(N3CC[C@@H](NC(=O)OCC(C)C)C3)nc(-c3ccccc3O)nc2c1.Cc1ccc2c(N3CC[C@@H](NC(=O)OCC(C)C)C3)nc(-c3ccccc3O)nc2c1.Cl. The molecule has 0 unspecified atom stereocenters. The van der Waals surface area contributed by atoms with Gasteiger partial charge in [-0.25, -0.2) is 29.5 Å². The second-order valence-electron chi connectivity index (χ2n) is 17.0. The number of carbonyl (C=O) groups excluding carboxylic acids is 2. The molecule has 0 spiro atoms. The average molecular weight is 877 g/mol. The molecule has 8 rings (SSSR count). The molecular formula is C48H57ClN8O6. The lowest BCUT2D eigenvalue weighted by Gasteiger charge is -2.21. The van der Waals surface area contributed by atoms with Crippen molar-refractivity contribution in [2.45, 2.75) is 66.5 Å². The number of alkyl carbamates (subject to hydrolysis) is 2. The zero-order chi connectivity index (χ0) is 43.9. The summed E-state index contributed by atoms with van der Waals surface area (Å²) in [6, 6.07) is 26.4. The van der Waals surface area contributed by atoms with Crippen LogP contribution in [0.4, 0.5) is 21.2 Å². The quantitative estimate of drug-likeness (QED) is 0.103. The highest BCUT2D eigenvalue weighted by molar-refractivity contribution is 5.93. The highest BCUT2D eigenvalue weighted by atomic mass is 35.5. The monoisotopic (exact) mass is 876 g/mol. The minimum absolute atomic E-state index is 0. The van der Waals surface area contributed by atoms with Gasteiger partial charge in [-0.1, -0.05) is 64.1 Å². The van der Waals surface area contributed by atoms with Crippen LogP contribution in [0.1, 0.15) is 51.7 Å². The smallest absolute Gasteiger partial charge is 0.407 e. The molecule has 6 aromatic rings. The number of anilines is 2. The Morgan fingerprint density at radius 1 is 0.635 bits per heavy atom. The summed E-state index contributed by atoms with van der Waals surface area (Å²) in [6.07, 6.45) is 0.859. The summed E-state index contributed by atoms with van der Waals surface area (Å²) in [5.74, 6) is 3.48. The maximum atomic E-state index is 12.1. The lowest BCUT2D eigenvalue weighted by molar-refractivity contribution is 0.129. The molecule has 0 bridgehead atoms. The van der Waals surface area contributed by atoms with Crippen LogP contribution in [0, 0.1) is 25.7 Å². The first-order valence-electron chi connectivity index (χ1n) is 21.3. The van der Waals surface area contributed by atoms with Crippen molar-refractivity contribution < 1.29 is 29.3 Å². The van der Waals surface area contributed by atoms with Crippen LogP contribution >= 0.6 is 12.4 Å². The number of nitrogens with one attached hydrogen (secondary N) is 2. The Kier molecular flexibility index (Phi) is 15.1. The fourth-order valence-corrected chi connectivity index (χ4v) is 7.54. The largest absolute Gasteiger partial charge is 0.507 e. The Bertz CT molecular complexity index is 2380. The zero-order valence-corrected chi connectivity index (χ0v) is 37.5. The molecule has 2 aliphatic rings. The molecule has 2 atom stereocenters. The number of ether oxygens (including phenoxy) is 2. The van der Waals surface area contributed by atoms with E-state index in [-0.39, 0.29) is 48.2 Å². The first kappa shape index (κ1) is 46.1. The average Bonchev–Trinajstić information content (AvgIpc) is 3.91. The molecule has 4 aromatic carbocycles. The second kappa shape index (κ2) is 20.6. The Balaban J connectivity index is 0.000000206. The van der Waals surface area contributed by atoms with E-state index < -0.39 is 0 Å². The van der Waals surface area contributed by atoms with Gasteiger partial charge in [-0.3, -0.25) is 0 Å². The van der Waals surface area contributed by atoms with Crippen LogP contribution in [-0.2, 0) is 9.47 Å². The second-order valence-corrected chi connectivity index (χ2v) is 17.0. The first-order valence-corrected chi connectivity index (χ1v) is 21.3. The molecular weight excluding hydrogens is 820 g/mol. The number of halogens is 1. The van der Waals surface area contributed by atoms with E-state index in [0.29, 0.717) is 60.9 Å². The number of amides is 2. The maximum Gasteiger partial charge on any atom is 0.407 e. The topological polar surface area (TPSA) is 175 Å². The Hall–Kier alpha value is -6.41. The third kappa shape index (κ3) is 11.5. The minimum Gasteiger partial charge on any atom is -0.507 e. The maximum absolute atomic E-state index is 12.1. The summed E-state index contributed by atoms with van der Waals surface area (Å²) in [5, 5.41) is 28.5. The van der Waals surface area contributed by atoms with Crippen molar-refractivity contribution in [3.63, 3.8) is 0 Å². The molecule has 4 heterocycles. The lowest BCUT2D eigenvalue weighted by atomic mass is 10.1. The van der Waals surface area contributed by atoms with E-state index in [1.54, 1.807) is 24.3 Å². The lowest BCUT2D eigenvalue weighted by Crippen LogP contribution is -2.38. The number of para-hydroxylation sites is 2. The number of benzene rings is 4. The number of aromatic nitrogens is 4. The van der Waals surface area contributed by atoms with E-state index in [9.17, 15) is 19.8 Å². The van der Waals surface area contributed by atoms with Gasteiger partial charge in [0.2, 0.25) is 0 Å². The fourth-order valence-electron chi connectivity index (χ4n) is 7.54. The van der Waals surface area contributed by atoms with Crippen molar-refractivity contribution in [2.75, 3.05) is 49.2 Å². The number of phenolic OH excluding ortho intramolecular Hbond substituents is 2. The molecule has 2 saturated heterocycles. The predicted octanol–water partition coefficient (Wildman–Crippen LogP) is 8.97. The van der Waals surface area contributed by atoms with Gasteiger partial charge < -0.3 is 40.1 Å². The molecule has 2 fully saturated rings. The Morgan fingerprint density at radius 3 is 1.41 bits per heavy atom. The van der Waals surface area contributed by atoms with Crippen LogP contribution in [-0.4, -0.2) is 93.8 Å². The van der Waals surface area contributed by atoms with E-state index >= 15 is 0 Å². The number of hydrogen-bond acceptors (Lipinski definition) is 12. The van der Waals surface area contributed by atoms with E-state index in [0.717, 1.165) is 70.5 Å². The van der Waals surface area contributed by atoms with Gasteiger partial charge in [-0.2, -0.15) is 0 Å². The molecule has 332 valence electrons. The van der Waals surface area contributed by atoms with Crippen LogP contribution < -0.4 is 20.4 Å². The van der Waals surface area contributed by atoms with Crippen molar-refractivity contribution in [1.82, 2.24) is 30.6 Å². The van der Waals surface area contributed by atoms with E-state index in [1.807, 2.05) is 102 Å². The summed E-state index contributed by atoms with van der Waals surface area (Å²) in [6.45, 7) is 15.7. The molecule has 2 aliphatic heterocycles. The molecule has 2 amide bonds. The Morgan fingerprint density at radius 2 is 1.03 bits per heavy atom. The van der Waals surface area contributed by atoms with Gasteiger partial charge in [0.25, 0.3) is 0 Å². The highest BCUT2D eigenvalue weighted by Gasteiger charge is 2.29. The number of phenols is 2. The first-order chi connectivity index (χ1) is 29.8. The standard InChI is InChI=1S/2C24H28N4O3.ClH/c2*1-15(2)14-31-24(30)25-17-10-11-28(13-17)23-18-9-8-16(3)12-20(18)26-22(27-23)19-6-4-5-7-21(19)29;/h2*4-9,12,15,17,29H,10-11,13-14H2,1-3H3,(H,25,30);1H/t2*17-;/m11./s1. The van der Waals surface area contributed by atoms with Crippen molar-refractivity contribution in [2.24, 2.45) is 11.8 Å². The van der Waals surface area contributed by atoms with Crippen molar-refractivity contribution in [1.29, 1.82) is 0 Å². The molecule has 4 N–H and O–H groups in total. The summed E-state index contributed by atoms with van der Waals surface area (Å²) >= 11 is 0. The van der Waals surface area contributed by atoms with Crippen molar-refractivity contribution in [3.8, 4) is 34.3 Å². The number of nitrogens with zero attached hydrogens (tertiary/aromatic N) is 6. The highest BCUT2D eigenvalue weighted by Crippen LogP contribution is 2.35. The van der Waals surface area contributed by atoms with Gasteiger partial charge in [0.05, 0.1) is 47.5 Å². The van der Waals surface area contributed by atoms with Crippen LogP contribution in [0.25, 0.3) is 44.6 Å². The van der Waals surface area contributed by atoms with Crippen LogP contribution in [0.3, 0.4) is 0 Å². The van der Waals surface area contributed by atoms with Gasteiger partial charge in [-0.15, -0.1) is 12.4 Å². The van der Waals surface area contributed by atoms with Gasteiger partial charge in [0, 0.05) is 37.0 Å². The van der Waals surface area contributed by atoms with Gasteiger partial charge in [-0.05, 0) is 98.2 Å². The number of aryl methyl sites for hydroxylation is 2. The number of hydrogen-bond donors (Lipinski definition) is 4. The van der Waals surface area contributed by atoms with Crippen LogP contribution in [0.15, 0.2) is 84.9 Å². The zero-order valence-electron chi connectivity index (χ0n) is 36.7. The van der Waals surface area contributed by atoms with Gasteiger partial charge >= 0.3 is 12.2 Å². The molecule has 15 heteroatoms. The minimum atomic E-state index is -0.376. The van der Waals surface area contributed by atoms with Gasteiger partial charge in [0.1, 0.15) is 23.1 Å². The Labute approximate surface area is 374 Å². The summed E-state index contributed by atoms with van der Waals surface area (Å²) in [5.41, 5.74) is 5.06. The van der Waals surface area contributed by atoms with E-state index in [4.69, 9.17) is 29.4 Å². The predicted molar refractivity (Wildman–Crippen MR) is 250 cm³/mol. The molecule has 0 aliphatic carbocycles. The molecule has 0 saturated carbocycles. The fraction of sp³-hybridized carbons (Fsp3) is 0.375. The van der Waals surface area contributed by atoms with Crippen LogP contribution in [0.5, 0.6) is 11.5 Å². The van der Waals surface area contributed by atoms with Gasteiger partial charge in [0.15, 0.2) is 11.6 Å². The normalized spacial score (nSPS) is 15.9. The molecule has 14 nitrogen and oxygen atoms in total. The van der Waals surface area contributed by atoms with E-state index in [1.165, 1.54) is 0 Å². The van der Waals surface area contributed by atoms with Crippen molar-refractivity contribution in [3.05, 3.63) is 96.1 Å². The summed E-state index contributed by atoms with van der Waals surface area (Å²) < 4.78 is 10.5. The van der Waals surface area contributed by atoms with E-state index in [2.05, 4.69) is 20.4 Å². The number of fused-ring (bicyclic) bond motifs is 2. The third-order valence-electron chi connectivity index (χ3n) is 10.7. The van der Waals surface area contributed by atoms with Crippen molar-refractivity contribution >= 4 is 58.0 Å². The number of aromatic hydroxyl groups is 2. The number of carbonyl (C=O) groups is 2. The molecule has 2 aromatic heterocycles. The van der Waals surface area contributed by atoms with Crippen LogP contribution in [0.2, 0.25) is 0 Å². The molecule has 0 radical (unpaired) electrons. The summed E-state index contributed by atoms with van der Waals surface area (Å²) in [4.78, 5) is 47.6. The molecule has 63 heavy (non-hydrogen) atoms. The third-order valence-corrected chi connectivity index (χ3v) is 10.7. The summed E-state index contributed by atoms with van der Waals surface area (Å²) in [7, 11) is 0.